The first-order chi connectivity index (χ1) is 4.34. The minimum atomic E-state index is 0. The smallest absolute Gasteiger partial charge is 0.0359 e. The van der Waals surface area contributed by atoms with Gasteiger partial charge < -0.3 is 48.7 Å². The van der Waals surface area contributed by atoms with Crippen molar-refractivity contribution in [3.8, 4) is 0 Å². The van der Waals surface area contributed by atoms with Gasteiger partial charge in [0.1, 0.15) is 0 Å². The second-order valence-electron chi connectivity index (χ2n) is 1.90. The fourth-order valence-corrected chi connectivity index (χ4v) is 0.720. The summed E-state index contributed by atoms with van der Waals surface area (Å²) in [5, 5.41) is 0. The van der Waals surface area contributed by atoms with Crippen LogP contribution in [0.3, 0.4) is 0 Å². The monoisotopic (exact) mass is 422 g/mol. The van der Waals surface area contributed by atoms with Crippen LogP contribution < -0.4 is 48.7 Å². The van der Waals surface area contributed by atoms with E-state index in [9.17, 15) is 0 Å². The number of rotatable bonds is 1. The van der Waals surface area contributed by atoms with Gasteiger partial charge in [-0.15, -0.1) is 0 Å². The van der Waals surface area contributed by atoms with Crippen LogP contribution in [0.4, 0.5) is 5.69 Å². The van der Waals surface area contributed by atoms with Gasteiger partial charge >= 0.3 is 0 Å². The first-order valence-electron chi connectivity index (χ1n) is 2.88. The van der Waals surface area contributed by atoms with Crippen molar-refractivity contribution >= 4 is 5.69 Å². The van der Waals surface area contributed by atoms with Gasteiger partial charge in [0.15, 0.2) is 0 Å². The Bertz CT molecular complexity index is 211. The molecule has 0 aliphatic heterocycles. The fraction of sp³-hybridized carbons (Fsp3) is 0.143. The van der Waals surface area contributed by atoms with Crippen LogP contribution in [0.1, 0.15) is 5.56 Å². The van der Waals surface area contributed by atoms with E-state index >= 15 is 0 Å². The fourth-order valence-electron chi connectivity index (χ4n) is 0.720. The summed E-state index contributed by atoms with van der Waals surface area (Å²) >= 11 is 0. The second kappa shape index (κ2) is 12.5. The van der Waals surface area contributed by atoms with Gasteiger partial charge in [-0.1, -0.05) is 18.2 Å². The van der Waals surface area contributed by atoms with Crippen LogP contribution >= 0.6 is 0 Å². The van der Waals surface area contributed by atoms with Crippen molar-refractivity contribution in [1.29, 1.82) is 0 Å². The molecule has 2 nitrogen and oxygen atoms in total. The molecular formula is C7H10Cl3N2Pt-3. The van der Waals surface area contributed by atoms with Gasteiger partial charge in [0.2, 0.25) is 0 Å². The molecule has 0 saturated heterocycles. The van der Waals surface area contributed by atoms with Crippen LogP contribution in [-0.2, 0) is 27.6 Å². The first-order valence-corrected chi connectivity index (χ1v) is 2.88. The first kappa shape index (κ1) is 23.4. The number of halogens is 3. The molecular weight excluding hydrogens is 414 g/mol. The van der Waals surface area contributed by atoms with Gasteiger partial charge in [0.25, 0.3) is 0 Å². The summed E-state index contributed by atoms with van der Waals surface area (Å²) < 4.78 is 0. The molecule has 0 aliphatic carbocycles. The Morgan fingerprint density at radius 3 is 1.77 bits per heavy atom. The van der Waals surface area contributed by atoms with Crippen molar-refractivity contribution in [3.05, 3.63) is 29.8 Å². The molecule has 0 spiro atoms. The van der Waals surface area contributed by atoms with E-state index in [1.54, 1.807) is 0 Å². The van der Waals surface area contributed by atoms with E-state index in [-0.39, 0.29) is 58.3 Å². The summed E-state index contributed by atoms with van der Waals surface area (Å²) in [5.41, 5.74) is 12.7. The zero-order valence-corrected chi connectivity index (χ0v) is 11.2. The predicted molar refractivity (Wildman–Crippen MR) is 38.7 cm³/mol. The predicted octanol–water partition coefficient (Wildman–Crippen LogP) is -8.26. The number of para-hydroxylation sites is 1. The number of anilines is 1. The van der Waals surface area contributed by atoms with E-state index in [2.05, 4.69) is 0 Å². The zero-order valence-electron chi connectivity index (χ0n) is 6.62. The molecule has 0 fully saturated rings. The number of hydrogen-bond donors (Lipinski definition) is 2. The van der Waals surface area contributed by atoms with E-state index in [0.29, 0.717) is 6.54 Å². The molecule has 0 aliphatic rings. The molecule has 0 amide bonds. The van der Waals surface area contributed by atoms with E-state index in [0.717, 1.165) is 11.3 Å². The van der Waals surface area contributed by atoms with E-state index in [1.165, 1.54) is 0 Å². The summed E-state index contributed by atoms with van der Waals surface area (Å²) in [6, 6.07) is 7.60. The third-order valence-electron chi connectivity index (χ3n) is 1.28. The maximum absolute atomic E-state index is 5.55. The van der Waals surface area contributed by atoms with Crippen LogP contribution in [0.5, 0.6) is 0 Å². The molecule has 0 atom stereocenters. The molecule has 1 aromatic rings. The largest absolute Gasteiger partial charge is 1.00 e. The van der Waals surface area contributed by atoms with Gasteiger partial charge in [0.05, 0.1) is 0 Å². The number of hydrogen-bond acceptors (Lipinski definition) is 2. The van der Waals surface area contributed by atoms with Crippen molar-refractivity contribution in [2.45, 2.75) is 6.54 Å². The van der Waals surface area contributed by atoms with Crippen molar-refractivity contribution in [3.63, 3.8) is 0 Å². The Morgan fingerprint density at radius 2 is 1.46 bits per heavy atom. The van der Waals surface area contributed by atoms with Gasteiger partial charge in [-0.25, -0.2) is 0 Å². The number of nitrogen functional groups attached to an aromatic ring is 1. The molecule has 6 heteroatoms. The molecule has 0 bridgehead atoms. The second-order valence-corrected chi connectivity index (χ2v) is 1.90. The van der Waals surface area contributed by atoms with Gasteiger partial charge in [-0.2, -0.15) is 0 Å². The molecule has 13 heavy (non-hydrogen) atoms. The van der Waals surface area contributed by atoms with Crippen molar-refractivity contribution < 1.29 is 58.3 Å². The average Bonchev–Trinajstić information content (AvgIpc) is 1.89. The third-order valence-corrected chi connectivity index (χ3v) is 1.28. The topological polar surface area (TPSA) is 52.0 Å². The molecule has 1 aromatic carbocycles. The quantitative estimate of drug-likeness (QED) is 0.441. The normalized spacial score (nSPS) is 6.54. The Balaban J connectivity index is -0.000000101. The van der Waals surface area contributed by atoms with Crippen LogP contribution in [0.25, 0.3) is 0 Å². The van der Waals surface area contributed by atoms with E-state index in [4.69, 9.17) is 11.5 Å². The summed E-state index contributed by atoms with van der Waals surface area (Å²) in [6.07, 6.45) is 0. The standard InChI is InChI=1S/C7H10N2.3ClH.Pt/c8-5-6-3-1-2-4-7(6)9;;;;/h1-4H,5,8-9H2;3*1H;/p-3. The Kier molecular flexibility index (Phi) is 22.6. The Hall–Kier alpha value is 0.538. The van der Waals surface area contributed by atoms with Crippen LogP contribution in [0, 0.1) is 0 Å². The molecule has 0 radical (unpaired) electrons. The maximum Gasteiger partial charge on any atom is 0.0359 e. The summed E-state index contributed by atoms with van der Waals surface area (Å²) in [6.45, 7) is 0.521. The van der Waals surface area contributed by atoms with Gasteiger partial charge in [-0.05, 0) is 11.6 Å². The van der Waals surface area contributed by atoms with Gasteiger partial charge in [-0.3, -0.25) is 0 Å². The minimum Gasteiger partial charge on any atom is -1.00 e. The van der Waals surface area contributed by atoms with Crippen LogP contribution in [0.15, 0.2) is 24.3 Å². The molecule has 0 heterocycles. The van der Waals surface area contributed by atoms with Crippen LogP contribution in [0.2, 0.25) is 0 Å². The molecule has 1 rings (SSSR count). The van der Waals surface area contributed by atoms with E-state index < -0.39 is 0 Å². The van der Waals surface area contributed by atoms with Crippen molar-refractivity contribution in [1.82, 2.24) is 0 Å². The average molecular weight is 424 g/mol. The summed E-state index contributed by atoms with van der Waals surface area (Å²) in [7, 11) is 0. The maximum atomic E-state index is 5.55. The molecule has 0 aromatic heterocycles. The Labute approximate surface area is 111 Å². The SMILES string of the molecule is NCc1ccccc1N.[Cl-].[Cl-].[Cl-].[Pt]. The molecule has 0 unspecified atom stereocenters. The number of benzene rings is 1. The molecule has 4 N–H and O–H groups in total. The molecule has 82 valence electrons. The van der Waals surface area contributed by atoms with Crippen molar-refractivity contribution in [2.24, 2.45) is 5.73 Å². The summed E-state index contributed by atoms with van der Waals surface area (Å²) in [5.74, 6) is 0. The third kappa shape index (κ3) is 7.60. The van der Waals surface area contributed by atoms with Crippen molar-refractivity contribution in [2.75, 3.05) is 5.73 Å². The minimum absolute atomic E-state index is 0. The Morgan fingerprint density at radius 1 is 1.00 bits per heavy atom. The van der Waals surface area contributed by atoms with E-state index in [1.807, 2.05) is 24.3 Å². The zero-order chi connectivity index (χ0) is 6.69. The number of nitrogens with two attached hydrogens (primary N) is 2. The van der Waals surface area contributed by atoms with Crippen LogP contribution in [-0.4, -0.2) is 0 Å². The van der Waals surface area contributed by atoms with Gasteiger partial charge in [0, 0.05) is 33.3 Å². The summed E-state index contributed by atoms with van der Waals surface area (Å²) in [4.78, 5) is 0. The molecule has 0 saturated carbocycles.